The van der Waals surface area contributed by atoms with E-state index in [1.807, 2.05) is 0 Å². The van der Waals surface area contributed by atoms with Crippen molar-refractivity contribution in [2.45, 2.75) is 106 Å². The molecule has 0 heterocycles. The highest BCUT2D eigenvalue weighted by molar-refractivity contribution is 5.45. The lowest BCUT2D eigenvalue weighted by Gasteiger charge is -2.70. The Hall–Kier alpha value is -1.04. The van der Waals surface area contributed by atoms with Gasteiger partial charge in [-0.25, -0.2) is 0 Å². The first-order chi connectivity index (χ1) is 15.7. The van der Waals surface area contributed by atoms with Crippen molar-refractivity contribution in [1.29, 1.82) is 0 Å². The second kappa shape index (κ2) is 7.26. The van der Waals surface area contributed by atoms with Gasteiger partial charge < -0.3 is 10.2 Å². The zero-order valence-electron chi connectivity index (χ0n) is 22.8. The van der Waals surface area contributed by atoms with Crippen LogP contribution in [0.5, 0.6) is 0 Å². The van der Waals surface area contributed by atoms with Gasteiger partial charge in [-0.1, -0.05) is 66.2 Å². The summed E-state index contributed by atoms with van der Waals surface area (Å²) in [6.07, 6.45) is 19.9. The third kappa shape index (κ3) is 2.90. The van der Waals surface area contributed by atoms with Crippen molar-refractivity contribution in [1.82, 2.24) is 0 Å². The van der Waals surface area contributed by atoms with E-state index < -0.39 is 6.10 Å². The maximum atomic E-state index is 11.2. The zero-order chi connectivity index (χ0) is 24.9. The second-order valence-corrected chi connectivity index (χ2v) is 15.0. The molecule has 2 nitrogen and oxygen atoms in total. The first-order valence-corrected chi connectivity index (χ1v) is 13.9. The lowest BCUT2D eigenvalue weighted by atomic mass is 9.34. The van der Waals surface area contributed by atoms with Crippen molar-refractivity contribution in [3.05, 3.63) is 23.3 Å². The van der Waals surface area contributed by atoms with Gasteiger partial charge in [0, 0.05) is 12.5 Å². The van der Waals surface area contributed by atoms with Crippen molar-refractivity contribution in [2.24, 2.45) is 50.2 Å². The molecule has 0 unspecified atom stereocenters. The van der Waals surface area contributed by atoms with Crippen molar-refractivity contribution >= 4 is 0 Å². The minimum absolute atomic E-state index is 0.0128. The Morgan fingerprint density at radius 1 is 1.00 bits per heavy atom. The number of fused-ring (bicyclic) bond motifs is 6. The van der Waals surface area contributed by atoms with Gasteiger partial charge in [-0.3, -0.25) is 0 Å². The van der Waals surface area contributed by atoms with Crippen LogP contribution < -0.4 is 0 Å². The zero-order valence-corrected chi connectivity index (χ0v) is 22.8. The molecule has 5 aliphatic carbocycles. The third-order valence-electron chi connectivity index (χ3n) is 12.9. The van der Waals surface area contributed by atoms with Gasteiger partial charge in [-0.2, -0.15) is 0 Å². The maximum absolute atomic E-state index is 11.2. The summed E-state index contributed by atoms with van der Waals surface area (Å²) in [7, 11) is 0. The molecule has 0 bridgehead atoms. The lowest BCUT2D eigenvalue weighted by Crippen LogP contribution is -2.64. The topological polar surface area (TPSA) is 40.5 Å². The van der Waals surface area contributed by atoms with Crippen LogP contribution in [-0.4, -0.2) is 22.9 Å². The van der Waals surface area contributed by atoms with Crippen LogP contribution in [0.2, 0.25) is 0 Å². The third-order valence-corrected chi connectivity index (χ3v) is 12.9. The van der Waals surface area contributed by atoms with Gasteiger partial charge in [-0.15, -0.1) is 12.3 Å². The summed E-state index contributed by atoms with van der Waals surface area (Å²) in [5.74, 6) is 3.86. The molecule has 5 rings (SSSR count). The number of allylic oxidation sites excluding steroid dienone is 4. The number of aliphatic hydroxyl groups excluding tert-OH is 2. The number of hydrogen-bond acceptors (Lipinski definition) is 2. The Morgan fingerprint density at radius 2 is 1.68 bits per heavy atom. The summed E-state index contributed by atoms with van der Waals surface area (Å²) in [6.45, 7) is 17.2. The van der Waals surface area contributed by atoms with E-state index in [1.165, 1.54) is 32.1 Å². The number of hydrogen-bond donors (Lipinski definition) is 2. The van der Waals surface area contributed by atoms with E-state index in [0.29, 0.717) is 11.8 Å². The van der Waals surface area contributed by atoms with Gasteiger partial charge in [0.1, 0.15) is 0 Å². The van der Waals surface area contributed by atoms with Gasteiger partial charge in [-0.05, 0) is 101 Å². The second-order valence-electron chi connectivity index (χ2n) is 15.0. The van der Waals surface area contributed by atoms with E-state index >= 15 is 0 Å². The highest BCUT2D eigenvalue weighted by atomic mass is 16.3. The molecule has 0 aromatic heterocycles. The molecular weight excluding hydrogens is 416 g/mol. The average Bonchev–Trinajstić information content (AvgIpc) is 2.78. The highest BCUT2D eigenvalue weighted by Gasteiger charge is 2.67. The Balaban J connectivity index is 1.65. The molecule has 9 atom stereocenters. The van der Waals surface area contributed by atoms with Crippen molar-refractivity contribution in [3.63, 3.8) is 0 Å². The minimum atomic E-state index is -0.422. The van der Waals surface area contributed by atoms with Crippen LogP contribution in [0.15, 0.2) is 23.3 Å². The Morgan fingerprint density at radius 3 is 2.32 bits per heavy atom. The van der Waals surface area contributed by atoms with Crippen LogP contribution in [0, 0.1) is 62.6 Å². The average molecular weight is 465 g/mol. The fourth-order valence-corrected chi connectivity index (χ4v) is 10.2. The monoisotopic (exact) mass is 464 g/mol. The van der Waals surface area contributed by atoms with E-state index in [2.05, 4.69) is 66.5 Å². The molecule has 0 radical (unpaired) electrons. The molecule has 0 amide bonds. The number of terminal acetylenes is 1. The largest absolute Gasteiger partial charge is 0.396 e. The van der Waals surface area contributed by atoms with Crippen LogP contribution in [0.1, 0.15) is 99.8 Å². The van der Waals surface area contributed by atoms with Gasteiger partial charge in [0.05, 0.1) is 6.10 Å². The molecule has 0 saturated heterocycles. The predicted molar refractivity (Wildman–Crippen MR) is 140 cm³/mol. The smallest absolute Gasteiger partial charge is 0.0731 e. The predicted octanol–water partition coefficient (Wildman–Crippen LogP) is 6.92. The van der Waals surface area contributed by atoms with Gasteiger partial charge in [0.2, 0.25) is 0 Å². The normalized spacial score (nSPS) is 53.8. The molecule has 5 aliphatic rings. The molecule has 0 aliphatic heterocycles. The van der Waals surface area contributed by atoms with E-state index in [9.17, 15) is 10.2 Å². The highest BCUT2D eigenvalue weighted by Crippen LogP contribution is 2.74. The Bertz CT molecular complexity index is 981. The molecular formula is C32H48O2. The van der Waals surface area contributed by atoms with Gasteiger partial charge >= 0.3 is 0 Å². The quantitative estimate of drug-likeness (QED) is 0.413. The lowest BCUT2D eigenvalue weighted by molar-refractivity contribution is -0.193. The van der Waals surface area contributed by atoms with Crippen molar-refractivity contribution in [2.75, 3.05) is 6.61 Å². The van der Waals surface area contributed by atoms with E-state index in [0.717, 1.165) is 19.3 Å². The van der Waals surface area contributed by atoms with Crippen LogP contribution in [-0.2, 0) is 0 Å². The first kappa shape index (κ1) is 24.6. The maximum Gasteiger partial charge on any atom is 0.0731 e. The van der Waals surface area contributed by atoms with Crippen molar-refractivity contribution in [3.8, 4) is 12.3 Å². The Labute approximate surface area is 208 Å². The molecule has 2 heteroatoms. The molecule has 0 spiro atoms. The molecule has 3 saturated carbocycles. The van der Waals surface area contributed by atoms with Crippen LogP contribution >= 0.6 is 0 Å². The van der Waals surface area contributed by atoms with Crippen LogP contribution in [0.3, 0.4) is 0 Å². The Kier molecular flexibility index (Phi) is 5.26. The molecule has 34 heavy (non-hydrogen) atoms. The van der Waals surface area contributed by atoms with E-state index in [4.69, 9.17) is 6.42 Å². The fraction of sp³-hybridized carbons (Fsp3) is 0.812. The molecule has 3 fully saturated rings. The van der Waals surface area contributed by atoms with E-state index in [-0.39, 0.29) is 45.0 Å². The minimum Gasteiger partial charge on any atom is -0.396 e. The molecule has 188 valence electrons. The summed E-state index contributed by atoms with van der Waals surface area (Å²) in [5, 5.41) is 21.4. The van der Waals surface area contributed by atoms with Crippen LogP contribution in [0.4, 0.5) is 0 Å². The molecule has 0 aromatic rings. The van der Waals surface area contributed by atoms with Crippen LogP contribution in [0.25, 0.3) is 0 Å². The van der Waals surface area contributed by atoms with Gasteiger partial charge in [0.15, 0.2) is 0 Å². The molecule has 0 aromatic carbocycles. The molecule has 2 N–H and O–H groups in total. The van der Waals surface area contributed by atoms with Crippen molar-refractivity contribution < 1.29 is 10.2 Å². The number of rotatable bonds is 1. The summed E-state index contributed by atoms with van der Waals surface area (Å²) in [4.78, 5) is 0. The van der Waals surface area contributed by atoms with Gasteiger partial charge in [0.25, 0.3) is 0 Å². The van der Waals surface area contributed by atoms with E-state index in [1.54, 1.807) is 11.1 Å². The number of aliphatic hydroxyl groups is 2. The summed E-state index contributed by atoms with van der Waals surface area (Å²) < 4.78 is 0. The SMILES string of the molecule is C#C[C@@H]1C[C@@]2(C)[C@H](CC[C@]3(C)[C@H]2C=CC2=C4C[C@@](C)(CO)CC[C@]4(C)CC[C@]23C)C(C)(C)[C@@H]1O. The summed E-state index contributed by atoms with van der Waals surface area (Å²) in [6, 6.07) is 0. The first-order valence-electron chi connectivity index (χ1n) is 13.9. The standard InChI is InChI=1S/C32H48O2/c1-9-21-18-30(6)24(27(2,3)26(21)34)12-13-32(8)25(30)11-10-22-23-19-28(4,20-33)14-15-29(23,5)16-17-31(22,32)7/h1,10-11,21,24-26,33-34H,12-20H2,2-8H3/t21-,24-,25+,26-,28+,29-,30+,31-,32-/m1/s1. The fourth-order valence-electron chi connectivity index (χ4n) is 10.2. The summed E-state index contributed by atoms with van der Waals surface area (Å²) >= 11 is 0. The summed E-state index contributed by atoms with van der Waals surface area (Å²) in [5.41, 5.74) is 3.79.